The lowest BCUT2D eigenvalue weighted by atomic mass is 9.94. The van der Waals surface area contributed by atoms with Crippen molar-refractivity contribution in [1.82, 2.24) is 0 Å². The highest BCUT2D eigenvalue weighted by Crippen LogP contribution is 2.18. The minimum atomic E-state index is 0.504. The lowest BCUT2D eigenvalue weighted by Crippen LogP contribution is -2.05. The van der Waals surface area contributed by atoms with Crippen LogP contribution in [0, 0.1) is 5.92 Å². The largest absolute Gasteiger partial charge is 0.300 e. The van der Waals surface area contributed by atoms with E-state index in [1.54, 1.807) is 0 Å². The lowest BCUT2D eigenvalue weighted by molar-refractivity contribution is -0.120. The number of carbonyl (C=O) groups is 1. The van der Waals surface area contributed by atoms with Crippen molar-refractivity contribution in [1.29, 1.82) is 0 Å². The minimum absolute atomic E-state index is 0.504. The SMILES string of the molecule is CC1CCCCCCCCCCCC(=O)C1. The van der Waals surface area contributed by atoms with E-state index in [9.17, 15) is 4.79 Å². The van der Waals surface area contributed by atoms with Crippen LogP contribution in [0.2, 0.25) is 0 Å². The van der Waals surface area contributed by atoms with Crippen LogP contribution in [-0.2, 0) is 4.79 Å². The third-order valence-corrected chi connectivity index (χ3v) is 3.73. The molecule has 1 saturated carbocycles. The molecule has 0 amide bonds. The van der Waals surface area contributed by atoms with E-state index in [0.717, 1.165) is 19.3 Å². The Bertz CT molecular complexity index is 186. The maximum absolute atomic E-state index is 11.7. The van der Waals surface area contributed by atoms with Crippen LogP contribution in [0.1, 0.15) is 84.0 Å². The van der Waals surface area contributed by atoms with Gasteiger partial charge in [0, 0.05) is 12.8 Å². The Kier molecular flexibility index (Phi) is 7.54. The summed E-state index contributed by atoms with van der Waals surface area (Å²) in [6.45, 7) is 2.24. The Labute approximate surface area is 101 Å². The maximum atomic E-state index is 11.7. The first kappa shape index (κ1) is 13.7. The topological polar surface area (TPSA) is 17.1 Å². The van der Waals surface area contributed by atoms with Crippen LogP contribution in [0.25, 0.3) is 0 Å². The molecule has 1 atom stereocenters. The van der Waals surface area contributed by atoms with Crippen molar-refractivity contribution in [3.8, 4) is 0 Å². The molecule has 0 aromatic rings. The van der Waals surface area contributed by atoms with Crippen molar-refractivity contribution in [3.05, 3.63) is 0 Å². The molecule has 1 aliphatic carbocycles. The number of Topliss-reactive ketones (excluding diaryl/α,β-unsaturated/α-hetero) is 1. The summed E-state index contributed by atoms with van der Waals surface area (Å²) in [4.78, 5) is 11.7. The molecule has 1 fully saturated rings. The van der Waals surface area contributed by atoms with E-state index in [0.29, 0.717) is 11.7 Å². The molecular weight excluding hydrogens is 196 g/mol. The summed E-state index contributed by atoms with van der Waals surface area (Å²) >= 11 is 0. The van der Waals surface area contributed by atoms with Gasteiger partial charge in [-0.05, 0) is 12.3 Å². The number of hydrogen-bond acceptors (Lipinski definition) is 1. The zero-order chi connectivity index (χ0) is 11.6. The van der Waals surface area contributed by atoms with Crippen LogP contribution in [0.5, 0.6) is 0 Å². The normalized spacial score (nSPS) is 27.3. The number of hydrogen-bond donors (Lipinski definition) is 0. The van der Waals surface area contributed by atoms with Crippen molar-refractivity contribution in [2.45, 2.75) is 84.0 Å². The van der Waals surface area contributed by atoms with Gasteiger partial charge in [-0.15, -0.1) is 0 Å². The zero-order valence-electron chi connectivity index (χ0n) is 11.0. The zero-order valence-corrected chi connectivity index (χ0v) is 11.0. The second-order valence-corrected chi connectivity index (χ2v) is 5.57. The van der Waals surface area contributed by atoms with Gasteiger partial charge in [0.15, 0.2) is 0 Å². The molecule has 0 saturated heterocycles. The fourth-order valence-electron chi connectivity index (χ4n) is 2.65. The standard InChI is InChI=1S/C15H28O/c1-14-11-9-7-5-3-2-4-6-8-10-12-15(16)13-14/h14H,2-13H2,1H3. The molecule has 0 aliphatic heterocycles. The molecule has 0 radical (unpaired) electrons. The Morgan fingerprint density at radius 1 is 0.812 bits per heavy atom. The molecule has 94 valence electrons. The van der Waals surface area contributed by atoms with Crippen LogP contribution >= 0.6 is 0 Å². The summed E-state index contributed by atoms with van der Waals surface area (Å²) in [5.41, 5.74) is 0. The van der Waals surface area contributed by atoms with Gasteiger partial charge in [-0.25, -0.2) is 0 Å². The van der Waals surface area contributed by atoms with E-state index in [4.69, 9.17) is 0 Å². The second kappa shape index (κ2) is 8.78. The Balaban J connectivity index is 2.23. The van der Waals surface area contributed by atoms with E-state index in [1.165, 1.54) is 57.8 Å². The van der Waals surface area contributed by atoms with Gasteiger partial charge in [0.2, 0.25) is 0 Å². The van der Waals surface area contributed by atoms with Crippen molar-refractivity contribution in [3.63, 3.8) is 0 Å². The molecule has 0 aromatic carbocycles. The van der Waals surface area contributed by atoms with E-state index in [-0.39, 0.29) is 0 Å². The molecule has 0 heterocycles. The molecular formula is C15H28O. The fraction of sp³-hybridized carbons (Fsp3) is 0.933. The molecule has 1 unspecified atom stereocenters. The first-order valence-corrected chi connectivity index (χ1v) is 7.31. The van der Waals surface area contributed by atoms with Crippen molar-refractivity contribution >= 4 is 5.78 Å². The van der Waals surface area contributed by atoms with Crippen LogP contribution in [0.4, 0.5) is 0 Å². The highest BCUT2D eigenvalue weighted by molar-refractivity contribution is 5.78. The van der Waals surface area contributed by atoms with E-state index in [2.05, 4.69) is 6.92 Å². The van der Waals surface area contributed by atoms with Crippen molar-refractivity contribution in [2.75, 3.05) is 0 Å². The van der Waals surface area contributed by atoms with Gasteiger partial charge in [0.05, 0.1) is 0 Å². The lowest BCUT2D eigenvalue weighted by Gasteiger charge is -2.11. The first-order valence-electron chi connectivity index (χ1n) is 7.31. The maximum Gasteiger partial charge on any atom is 0.133 e. The van der Waals surface area contributed by atoms with Gasteiger partial charge in [0.25, 0.3) is 0 Å². The summed E-state index contributed by atoms with van der Waals surface area (Å²) in [7, 11) is 0. The Morgan fingerprint density at radius 3 is 1.94 bits per heavy atom. The third kappa shape index (κ3) is 7.03. The van der Waals surface area contributed by atoms with Gasteiger partial charge in [0.1, 0.15) is 5.78 Å². The summed E-state index contributed by atoms with van der Waals surface area (Å²) in [5.74, 6) is 1.12. The fourth-order valence-corrected chi connectivity index (χ4v) is 2.65. The highest BCUT2D eigenvalue weighted by atomic mass is 16.1. The Hall–Kier alpha value is -0.330. The van der Waals surface area contributed by atoms with Crippen LogP contribution in [-0.4, -0.2) is 5.78 Å². The summed E-state index contributed by atoms with van der Waals surface area (Å²) < 4.78 is 0. The van der Waals surface area contributed by atoms with Gasteiger partial charge in [-0.3, -0.25) is 4.79 Å². The number of rotatable bonds is 0. The predicted octanol–water partition coefficient (Wildman–Crippen LogP) is 4.89. The van der Waals surface area contributed by atoms with Crippen molar-refractivity contribution < 1.29 is 4.79 Å². The quantitative estimate of drug-likeness (QED) is 0.572. The molecule has 0 spiro atoms. The molecule has 0 aromatic heterocycles. The second-order valence-electron chi connectivity index (χ2n) is 5.57. The average molecular weight is 224 g/mol. The van der Waals surface area contributed by atoms with E-state index < -0.39 is 0 Å². The molecule has 0 N–H and O–H groups in total. The molecule has 1 aliphatic rings. The van der Waals surface area contributed by atoms with Gasteiger partial charge < -0.3 is 0 Å². The Morgan fingerprint density at radius 2 is 1.31 bits per heavy atom. The van der Waals surface area contributed by atoms with Crippen LogP contribution in [0.3, 0.4) is 0 Å². The average Bonchev–Trinajstić information content (AvgIpc) is 2.25. The van der Waals surface area contributed by atoms with Crippen LogP contribution in [0.15, 0.2) is 0 Å². The molecule has 1 heteroatoms. The highest BCUT2D eigenvalue weighted by Gasteiger charge is 2.09. The summed E-state index contributed by atoms with van der Waals surface area (Å²) in [5, 5.41) is 0. The van der Waals surface area contributed by atoms with Gasteiger partial charge >= 0.3 is 0 Å². The van der Waals surface area contributed by atoms with E-state index >= 15 is 0 Å². The smallest absolute Gasteiger partial charge is 0.133 e. The third-order valence-electron chi connectivity index (χ3n) is 3.73. The summed E-state index contributed by atoms with van der Waals surface area (Å²) in [6, 6.07) is 0. The number of carbonyl (C=O) groups excluding carboxylic acids is 1. The predicted molar refractivity (Wildman–Crippen MR) is 69.6 cm³/mol. The first-order chi connectivity index (χ1) is 7.79. The number of ketones is 1. The molecule has 1 nitrogen and oxygen atoms in total. The minimum Gasteiger partial charge on any atom is -0.300 e. The van der Waals surface area contributed by atoms with Gasteiger partial charge in [-0.1, -0.05) is 64.7 Å². The van der Waals surface area contributed by atoms with Gasteiger partial charge in [-0.2, -0.15) is 0 Å². The molecule has 1 rings (SSSR count). The molecule has 0 bridgehead atoms. The molecule has 16 heavy (non-hydrogen) atoms. The monoisotopic (exact) mass is 224 g/mol. The van der Waals surface area contributed by atoms with Crippen molar-refractivity contribution in [2.24, 2.45) is 5.92 Å². The summed E-state index contributed by atoms with van der Waals surface area (Å²) in [6.07, 6.45) is 15.0. The van der Waals surface area contributed by atoms with Crippen LogP contribution < -0.4 is 0 Å². The van der Waals surface area contributed by atoms with E-state index in [1.807, 2.05) is 0 Å².